The van der Waals surface area contributed by atoms with E-state index in [2.05, 4.69) is 48.6 Å². The van der Waals surface area contributed by atoms with E-state index < -0.39 is 0 Å². The fourth-order valence-electron chi connectivity index (χ4n) is 3.75. The average molecular weight is 392 g/mol. The third kappa shape index (κ3) is 3.27. The lowest BCUT2D eigenvalue weighted by molar-refractivity contribution is 0.121. The van der Waals surface area contributed by atoms with Crippen molar-refractivity contribution < 1.29 is 4.74 Å². The summed E-state index contributed by atoms with van der Waals surface area (Å²) in [7, 11) is 0. The second kappa shape index (κ2) is 7.32. The van der Waals surface area contributed by atoms with Gasteiger partial charge < -0.3 is 19.9 Å². The summed E-state index contributed by atoms with van der Waals surface area (Å²) < 4.78 is 7.68. The zero-order valence-electron chi connectivity index (χ0n) is 16.6. The molecule has 0 unspecified atom stereocenters. The Kier molecular flexibility index (Phi) is 4.51. The first-order valence-electron chi connectivity index (χ1n) is 9.94. The van der Waals surface area contributed by atoms with E-state index in [9.17, 15) is 0 Å². The van der Waals surface area contributed by atoms with Gasteiger partial charge in [-0.05, 0) is 26.0 Å². The standard InChI is InChI=1S/C20H24N8O/c1-13(2)28-19-17(26-20(28)27-7-9-29-10-8-27)18(22-12-23-19)21-11-16-24-14-5-3-4-6-15(14)25-16/h3-6,12-13H,7-11H2,1-2H3,(H,24,25)(H,21,22,23). The van der Waals surface area contributed by atoms with Crippen LogP contribution in [0.4, 0.5) is 11.8 Å². The molecule has 9 heteroatoms. The molecule has 1 saturated heterocycles. The van der Waals surface area contributed by atoms with Crippen LogP contribution in [0.15, 0.2) is 30.6 Å². The summed E-state index contributed by atoms with van der Waals surface area (Å²) in [5, 5.41) is 3.38. The molecule has 0 amide bonds. The summed E-state index contributed by atoms with van der Waals surface area (Å²) in [6, 6.07) is 8.23. The predicted octanol–water partition coefficient (Wildman–Crippen LogP) is 2.73. The van der Waals surface area contributed by atoms with Gasteiger partial charge in [0.15, 0.2) is 17.0 Å². The minimum absolute atomic E-state index is 0.232. The van der Waals surface area contributed by atoms with Crippen LogP contribution in [0.25, 0.3) is 22.2 Å². The Bertz CT molecular complexity index is 1110. The van der Waals surface area contributed by atoms with E-state index >= 15 is 0 Å². The molecule has 2 N–H and O–H groups in total. The molecule has 0 saturated carbocycles. The lowest BCUT2D eigenvalue weighted by atomic mass is 10.3. The zero-order valence-corrected chi connectivity index (χ0v) is 16.6. The van der Waals surface area contributed by atoms with Crippen molar-refractivity contribution in [3.63, 3.8) is 0 Å². The monoisotopic (exact) mass is 392 g/mol. The van der Waals surface area contributed by atoms with Crippen LogP contribution in [0.1, 0.15) is 25.7 Å². The van der Waals surface area contributed by atoms with Crippen LogP contribution in [-0.4, -0.2) is 55.8 Å². The number of anilines is 2. The molecule has 1 fully saturated rings. The summed E-state index contributed by atoms with van der Waals surface area (Å²) >= 11 is 0. The first-order chi connectivity index (χ1) is 14.2. The highest BCUT2D eigenvalue weighted by atomic mass is 16.5. The minimum Gasteiger partial charge on any atom is -0.378 e. The van der Waals surface area contributed by atoms with Gasteiger partial charge in [0.05, 0.1) is 30.8 Å². The molecule has 0 aliphatic carbocycles. The molecule has 4 aromatic rings. The topological polar surface area (TPSA) is 96.8 Å². The molecule has 3 aromatic heterocycles. The van der Waals surface area contributed by atoms with Gasteiger partial charge in [0, 0.05) is 19.1 Å². The summed E-state index contributed by atoms with van der Waals surface area (Å²) in [6.07, 6.45) is 1.59. The molecule has 0 spiro atoms. The first kappa shape index (κ1) is 17.9. The van der Waals surface area contributed by atoms with E-state index in [0.29, 0.717) is 25.6 Å². The van der Waals surface area contributed by atoms with Gasteiger partial charge in [-0.2, -0.15) is 0 Å². The van der Waals surface area contributed by atoms with Gasteiger partial charge in [0.2, 0.25) is 5.95 Å². The normalized spacial score (nSPS) is 14.9. The van der Waals surface area contributed by atoms with Crippen LogP contribution in [0.5, 0.6) is 0 Å². The Morgan fingerprint density at radius 1 is 1.14 bits per heavy atom. The highest BCUT2D eigenvalue weighted by Crippen LogP contribution is 2.29. The van der Waals surface area contributed by atoms with Crippen LogP contribution in [0, 0.1) is 0 Å². The maximum absolute atomic E-state index is 5.50. The number of morpholine rings is 1. The number of rotatable bonds is 5. The number of nitrogens with one attached hydrogen (secondary N) is 2. The van der Waals surface area contributed by atoms with Crippen LogP contribution < -0.4 is 10.2 Å². The molecule has 5 rings (SSSR count). The Balaban J connectivity index is 1.48. The largest absolute Gasteiger partial charge is 0.378 e. The fraction of sp³-hybridized carbons (Fsp3) is 0.400. The zero-order chi connectivity index (χ0) is 19.8. The number of aromatic nitrogens is 6. The van der Waals surface area contributed by atoms with Crippen LogP contribution in [0.3, 0.4) is 0 Å². The number of aromatic amines is 1. The van der Waals surface area contributed by atoms with Crippen molar-refractivity contribution in [2.45, 2.75) is 26.4 Å². The number of para-hydroxylation sites is 2. The number of imidazole rings is 2. The SMILES string of the molecule is CC(C)n1c(N2CCOCC2)nc2c(NCc3nc4ccccc4[nH]3)ncnc21. The lowest BCUT2D eigenvalue weighted by Gasteiger charge is -2.29. The van der Waals surface area contributed by atoms with Crippen molar-refractivity contribution in [1.82, 2.24) is 29.5 Å². The molecule has 0 bridgehead atoms. The van der Waals surface area contributed by atoms with Gasteiger partial charge in [-0.1, -0.05) is 12.1 Å². The molecular weight excluding hydrogens is 368 g/mol. The number of hydrogen-bond acceptors (Lipinski definition) is 7. The molecule has 150 valence electrons. The van der Waals surface area contributed by atoms with Crippen molar-refractivity contribution >= 4 is 34.0 Å². The number of nitrogens with zero attached hydrogens (tertiary/aromatic N) is 6. The van der Waals surface area contributed by atoms with Gasteiger partial charge >= 0.3 is 0 Å². The fourth-order valence-corrected chi connectivity index (χ4v) is 3.75. The van der Waals surface area contributed by atoms with Crippen molar-refractivity contribution in [2.24, 2.45) is 0 Å². The maximum atomic E-state index is 5.50. The minimum atomic E-state index is 0.232. The summed E-state index contributed by atoms with van der Waals surface area (Å²) in [5.41, 5.74) is 3.59. The van der Waals surface area contributed by atoms with Gasteiger partial charge in [0.1, 0.15) is 12.2 Å². The predicted molar refractivity (Wildman–Crippen MR) is 112 cm³/mol. The molecule has 4 heterocycles. The van der Waals surface area contributed by atoms with Gasteiger partial charge in [0.25, 0.3) is 0 Å². The number of hydrogen-bond donors (Lipinski definition) is 2. The average Bonchev–Trinajstić information content (AvgIpc) is 3.34. The highest BCUT2D eigenvalue weighted by molar-refractivity contribution is 5.85. The van der Waals surface area contributed by atoms with Crippen molar-refractivity contribution in [2.75, 3.05) is 36.5 Å². The van der Waals surface area contributed by atoms with Crippen LogP contribution >= 0.6 is 0 Å². The number of fused-ring (bicyclic) bond motifs is 2. The van der Waals surface area contributed by atoms with Gasteiger partial charge in [-0.3, -0.25) is 4.57 Å². The Morgan fingerprint density at radius 3 is 2.76 bits per heavy atom. The highest BCUT2D eigenvalue weighted by Gasteiger charge is 2.23. The molecule has 0 radical (unpaired) electrons. The van der Waals surface area contributed by atoms with E-state index in [1.54, 1.807) is 6.33 Å². The smallest absolute Gasteiger partial charge is 0.208 e. The van der Waals surface area contributed by atoms with E-state index in [1.807, 2.05) is 24.3 Å². The molecule has 29 heavy (non-hydrogen) atoms. The van der Waals surface area contributed by atoms with Gasteiger partial charge in [-0.25, -0.2) is 19.9 Å². The molecule has 1 aromatic carbocycles. The Hall–Kier alpha value is -3.20. The summed E-state index contributed by atoms with van der Waals surface area (Å²) in [6.45, 7) is 7.90. The van der Waals surface area contributed by atoms with E-state index in [0.717, 1.165) is 47.1 Å². The van der Waals surface area contributed by atoms with E-state index in [4.69, 9.17) is 9.72 Å². The quantitative estimate of drug-likeness (QED) is 0.539. The van der Waals surface area contributed by atoms with Crippen LogP contribution in [0.2, 0.25) is 0 Å². The molecule has 1 aliphatic rings. The van der Waals surface area contributed by atoms with E-state index in [1.165, 1.54) is 0 Å². The van der Waals surface area contributed by atoms with E-state index in [-0.39, 0.29) is 6.04 Å². The molecular formula is C20H24N8O. The Labute approximate surface area is 168 Å². The van der Waals surface area contributed by atoms with Gasteiger partial charge in [-0.15, -0.1) is 0 Å². The third-order valence-corrected chi connectivity index (χ3v) is 5.13. The Morgan fingerprint density at radius 2 is 1.97 bits per heavy atom. The van der Waals surface area contributed by atoms with Crippen molar-refractivity contribution in [3.8, 4) is 0 Å². The second-order valence-corrected chi connectivity index (χ2v) is 7.42. The first-order valence-corrected chi connectivity index (χ1v) is 9.94. The summed E-state index contributed by atoms with van der Waals surface area (Å²) in [4.78, 5) is 24.1. The maximum Gasteiger partial charge on any atom is 0.208 e. The lowest BCUT2D eigenvalue weighted by Crippen LogP contribution is -2.38. The molecule has 9 nitrogen and oxygen atoms in total. The summed E-state index contributed by atoms with van der Waals surface area (Å²) in [5.74, 6) is 2.49. The second-order valence-electron chi connectivity index (χ2n) is 7.42. The van der Waals surface area contributed by atoms with Crippen molar-refractivity contribution in [1.29, 1.82) is 0 Å². The third-order valence-electron chi connectivity index (χ3n) is 5.13. The number of H-pyrrole nitrogens is 1. The van der Waals surface area contributed by atoms with Crippen molar-refractivity contribution in [3.05, 3.63) is 36.4 Å². The number of ether oxygens (including phenoxy) is 1. The van der Waals surface area contributed by atoms with Crippen LogP contribution in [-0.2, 0) is 11.3 Å². The molecule has 1 aliphatic heterocycles. The molecule has 0 atom stereocenters. The number of benzene rings is 1.